The molecule has 9 nitrogen and oxygen atoms in total. The van der Waals surface area contributed by atoms with Crippen LogP contribution in [0, 0.1) is 13.8 Å². The summed E-state index contributed by atoms with van der Waals surface area (Å²) in [4.78, 5) is 29.9. The lowest BCUT2D eigenvalue weighted by atomic mass is 9.98. The van der Waals surface area contributed by atoms with Crippen molar-refractivity contribution in [3.63, 3.8) is 0 Å². The summed E-state index contributed by atoms with van der Waals surface area (Å²) in [7, 11) is 3.05. The van der Waals surface area contributed by atoms with Crippen LogP contribution in [0.2, 0.25) is 0 Å². The van der Waals surface area contributed by atoms with Gasteiger partial charge in [0.15, 0.2) is 11.5 Å². The molecular formula is C30H35N5O4. The largest absolute Gasteiger partial charge is 0.493 e. The minimum absolute atomic E-state index is 0.126. The molecule has 0 aliphatic heterocycles. The number of benzene rings is 3. The van der Waals surface area contributed by atoms with E-state index in [0.717, 1.165) is 16.6 Å². The number of para-hydroxylation sites is 2. The summed E-state index contributed by atoms with van der Waals surface area (Å²) in [5.41, 5.74) is 3.98. The monoisotopic (exact) mass is 529 g/mol. The third-order valence-corrected chi connectivity index (χ3v) is 6.48. The van der Waals surface area contributed by atoms with Crippen molar-refractivity contribution >= 4 is 28.5 Å². The fraction of sp³-hybridized carbons (Fsp3) is 0.333. The Hall–Kier alpha value is -4.40. The molecule has 0 fully saturated rings. The average molecular weight is 530 g/mol. The van der Waals surface area contributed by atoms with E-state index < -0.39 is 11.6 Å². The molecule has 0 unspecified atom stereocenters. The molecule has 204 valence electrons. The van der Waals surface area contributed by atoms with Crippen LogP contribution in [0.4, 0.5) is 5.69 Å². The molecule has 39 heavy (non-hydrogen) atoms. The highest BCUT2D eigenvalue weighted by Crippen LogP contribution is 2.39. The Kier molecular flexibility index (Phi) is 7.90. The van der Waals surface area contributed by atoms with Crippen LogP contribution in [0.5, 0.6) is 11.5 Å². The van der Waals surface area contributed by atoms with E-state index in [1.807, 2.05) is 77.1 Å². The fourth-order valence-electron chi connectivity index (χ4n) is 4.51. The van der Waals surface area contributed by atoms with E-state index in [9.17, 15) is 9.59 Å². The SMILES string of the molecule is COc1cccc([C@H](C(=O)NC(C)(C)C)N(C(=O)Cn2nnc3ccccc32)c2ccc(C)c(C)c2)c1OC. The van der Waals surface area contributed by atoms with Crippen LogP contribution < -0.4 is 19.7 Å². The van der Waals surface area contributed by atoms with Crippen LogP contribution in [0.1, 0.15) is 43.5 Å². The van der Waals surface area contributed by atoms with E-state index in [-0.39, 0.29) is 18.4 Å². The van der Waals surface area contributed by atoms with Gasteiger partial charge < -0.3 is 14.8 Å². The summed E-state index contributed by atoms with van der Waals surface area (Å²) in [6, 6.07) is 17.4. The number of carbonyl (C=O) groups excluding carboxylic acids is 2. The number of anilines is 1. The number of hydrogen-bond donors (Lipinski definition) is 1. The number of aromatic nitrogens is 3. The number of methoxy groups -OCH3 is 2. The molecule has 4 aromatic rings. The van der Waals surface area contributed by atoms with Gasteiger partial charge in [-0.25, -0.2) is 4.68 Å². The summed E-state index contributed by atoms with van der Waals surface area (Å²) in [6.45, 7) is 9.54. The second-order valence-electron chi connectivity index (χ2n) is 10.5. The Labute approximate surface area is 228 Å². The smallest absolute Gasteiger partial charge is 0.249 e. The molecule has 0 radical (unpaired) electrons. The van der Waals surface area contributed by atoms with E-state index in [0.29, 0.717) is 28.3 Å². The zero-order valence-corrected chi connectivity index (χ0v) is 23.5. The molecule has 0 spiro atoms. The van der Waals surface area contributed by atoms with Crippen molar-refractivity contribution in [1.29, 1.82) is 0 Å². The molecule has 1 heterocycles. The van der Waals surface area contributed by atoms with E-state index in [2.05, 4.69) is 15.6 Å². The quantitative estimate of drug-likeness (QED) is 0.354. The number of ether oxygens (including phenoxy) is 2. The minimum Gasteiger partial charge on any atom is -0.493 e. The Morgan fingerprint density at radius 3 is 2.38 bits per heavy atom. The number of rotatable bonds is 8. The second kappa shape index (κ2) is 11.1. The highest BCUT2D eigenvalue weighted by atomic mass is 16.5. The third kappa shape index (κ3) is 5.87. The van der Waals surface area contributed by atoms with Crippen molar-refractivity contribution in [2.75, 3.05) is 19.1 Å². The number of carbonyl (C=O) groups is 2. The number of amides is 2. The predicted molar refractivity (Wildman–Crippen MR) is 151 cm³/mol. The first kappa shape index (κ1) is 27.6. The molecule has 0 aliphatic rings. The lowest BCUT2D eigenvalue weighted by molar-refractivity contribution is -0.128. The van der Waals surface area contributed by atoms with Crippen LogP contribution in [-0.2, 0) is 16.1 Å². The summed E-state index contributed by atoms with van der Waals surface area (Å²) < 4.78 is 12.8. The molecular weight excluding hydrogens is 494 g/mol. The summed E-state index contributed by atoms with van der Waals surface area (Å²) in [5.74, 6) is 0.136. The van der Waals surface area contributed by atoms with Crippen molar-refractivity contribution in [1.82, 2.24) is 20.3 Å². The maximum absolute atomic E-state index is 14.3. The Balaban J connectivity index is 1.92. The van der Waals surface area contributed by atoms with Crippen molar-refractivity contribution in [3.8, 4) is 11.5 Å². The van der Waals surface area contributed by atoms with Gasteiger partial charge in [-0.3, -0.25) is 14.5 Å². The maximum atomic E-state index is 14.3. The van der Waals surface area contributed by atoms with E-state index in [4.69, 9.17) is 9.47 Å². The topological polar surface area (TPSA) is 98.6 Å². The van der Waals surface area contributed by atoms with Crippen LogP contribution in [-0.4, -0.2) is 46.6 Å². The van der Waals surface area contributed by atoms with E-state index in [1.54, 1.807) is 22.9 Å². The van der Waals surface area contributed by atoms with Gasteiger partial charge in [0.25, 0.3) is 0 Å². The molecule has 0 saturated carbocycles. The van der Waals surface area contributed by atoms with Gasteiger partial charge in [-0.2, -0.15) is 0 Å². The summed E-state index contributed by atoms with van der Waals surface area (Å²) in [6.07, 6.45) is 0. The van der Waals surface area contributed by atoms with Gasteiger partial charge >= 0.3 is 0 Å². The van der Waals surface area contributed by atoms with Crippen molar-refractivity contribution < 1.29 is 19.1 Å². The van der Waals surface area contributed by atoms with Gasteiger partial charge in [-0.05, 0) is 76.1 Å². The number of nitrogens with zero attached hydrogens (tertiary/aromatic N) is 4. The molecule has 0 bridgehead atoms. The van der Waals surface area contributed by atoms with Crippen molar-refractivity contribution in [3.05, 3.63) is 77.4 Å². The third-order valence-electron chi connectivity index (χ3n) is 6.48. The number of aryl methyl sites for hydroxylation is 2. The zero-order chi connectivity index (χ0) is 28.3. The van der Waals surface area contributed by atoms with Gasteiger partial charge in [-0.15, -0.1) is 5.10 Å². The molecule has 3 aromatic carbocycles. The lowest BCUT2D eigenvalue weighted by Crippen LogP contribution is -2.50. The predicted octanol–water partition coefficient (Wildman–Crippen LogP) is 4.75. The molecule has 0 aliphatic carbocycles. The normalized spacial score (nSPS) is 12.2. The Bertz CT molecular complexity index is 1510. The van der Waals surface area contributed by atoms with Crippen LogP contribution in [0.25, 0.3) is 11.0 Å². The van der Waals surface area contributed by atoms with Gasteiger partial charge in [0.05, 0.1) is 19.7 Å². The first-order valence-electron chi connectivity index (χ1n) is 12.7. The molecule has 1 N–H and O–H groups in total. The Morgan fingerprint density at radius 1 is 0.974 bits per heavy atom. The molecule has 1 aromatic heterocycles. The van der Waals surface area contributed by atoms with Gasteiger partial charge in [0, 0.05) is 16.8 Å². The fourth-order valence-corrected chi connectivity index (χ4v) is 4.51. The van der Waals surface area contributed by atoms with Crippen molar-refractivity contribution in [2.45, 2.75) is 52.7 Å². The first-order chi connectivity index (χ1) is 18.5. The standard InChI is InChI=1S/C30H35N5O4/c1-19-15-16-21(17-20(19)2)35(26(36)18-34-24-13-9-8-12-23(24)32-33-34)27(29(37)31-30(3,4)5)22-11-10-14-25(38-6)28(22)39-7/h8-17,27H,18H2,1-7H3,(H,31,37)/t27-/m1/s1. The van der Waals surface area contributed by atoms with E-state index >= 15 is 0 Å². The lowest BCUT2D eigenvalue weighted by Gasteiger charge is -2.34. The number of hydrogen-bond acceptors (Lipinski definition) is 6. The average Bonchev–Trinajstić information content (AvgIpc) is 3.29. The summed E-state index contributed by atoms with van der Waals surface area (Å²) in [5, 5.41) is 11.5. The highest BCUT2D eigenvalue weighted by Gasteiger charge is 2.37. The molecule has 2 amide bonds. The highest BCUT2D eigenvalue weighted by molar-refractivity contribution is 6.02. The Morgan fingerprint density at radius 2 is 1.72 bits per heavy atom. The van der Waals surface area contributed by atoms with Crippen molar-refractivity contribution in [2.24, 2.45) is 0 Å². The molecule has 1 atom stereocenters. The van der Waals surface area contributed by atoms with Gasteiger partial charge in [-0.1, -0.05) is 35.5 Å². The van der Waals surface area contributed by atoms with Gasteiger partial charge in [0.1, 0.15) is 18.1 Å². The minimum atomic E-state index is -1.07. The maximum Gasteiger partial charge on any atom is 0.249 e. The van der Waals surface area contributed by atoms with E-state index in [1.165, 1.54) is 19.1 Å². The second-order valence-corrected chi connectivity index (χ2v) is 10.5. The number of fused-ring (bicyclic) bond motifs is 1. The zero-order valence-electron chi connectivity index (χ0n) is 23.5. The van der Waals surface area contributed by atoms with Crippen LogP contribution >= 0.6 is 0 Å². The van der Waals surface area contributed by atoms with Crippen LogP contribution in [0.15, 0.2) is 60.7 Å². The molecule has 9 heteroatoms. The molecule has 4 rings (SSSR count). The number of nitrogens with one attached hydrogen (secondary N) is 1. The van der Waals surface area contributed by atoms with Gasteiger partial charge in [0.2, 0.25) is 11.8 Å². The summed E-state index contributed by atoms with van der Waals surface area (Å²) >= 11 is 0. The van der Waals surface area contributed by atoms with Crippen LogP contribution in [0.3, 0.4) is 0 Å². The molecule has 0 saturated heterocycles. The first-order valence-corrected chi connectivity index (χ1v) is 12.7.